The predicted octanol–water partition coefficient (Wildman–Crippen LogP) is 15.5. The average molecular weight is 1050 g/mol. The van der Waals surface area contributed by atoms with Gasteiger partial charge in [0.1, 0.15) is 5.82 Å². The zero-order valence-electron chi connectivity index (χ0n) is 36.4. The van der Waals surface area contributed by atoms with Crippen LogP contribution in [0.1, 0.15) is 47.9 Å². The summed E-state index contributed by atoms with van der Waals surface area (Å²) in [6.07, 6.45) is 6.24. The minimum absolute atomic E-state index is 0. The molecule has 8 aromatic carbocycles. The molecule has 2 aliphatic rings. The Balaban J connectivity index is 0.00000494. The fourth-order valence-electron chi connectivity index (χ4n) is 10.5. The zero-order valence-corrected chi connectivity index (χ0v) is 38.7. The van der Waals surface area contributed by atoms with Crippen LogP contribution in [0.15, 0.2) is 206 Å². The number of para-hydroxylation sites is 4. The summed E-state index contributed by atoms with van der Waals surface area (Å²) in [7, 11) is 0. The Bertz CT molecular complexity index is 3340. The first-order valence-electron chi connectivity index (χ1n) is 22.6. The van der Waals surface area contributed by atoms with Crippen molar-refractivity contribution in [2.75, 3.05) is 9.80 Å². The molecule has 0 radical (unpaired) electrons. The molecular formula is C60H43F2N4Pt-3. The van der Waals surface area contributed by atoms with Gasteiger partial charge in [0, 0.05) is 66.4 Å². The van der Waals surface area contributed by atoms with E-state index in [2.05, 4.69) is 108 Å². The third-order valence-corrected chi connectivity index (χ3v) is 13.7. The van der Waals surface area contributed by atoms with Crippen molar-refractivity contribution in [1.29, 1.82) is 0 Å². The molecular weight excluding hydrogens is 1010 g/mol. The molecule has 330 valence electrons. The quantitative estimate of drug-likeness (QED) is 0.135. The molecule has 0 saturated heterocycles. The van der Waals surface area contributed by atoms with E-state index < -0.39 is 5.92 Å². The molecule has 12 rings (SSSR count). The number of halogens is 2. The molecule has 0 atom stereocenters. The average Bonchev–Trinajstić information content (AvgIpc) is 4.13. The fraction of sp³-hybridized carbons (Fsp3) is 0.100. The molecule has 3 heterocycles. The van der Waals surface area contributed by atoms with E-state index in [0.29, 0.717) is 17.0 Å². The van der Waals surface area contributed by atoms with E-state index in [1.54, 1.807) is 12.1 Å². The van der Waals surface area contributed by atoms with Crippen LogP contribution >= 0.6 is 0 Å². The summed E-state index contributed by atoms with van der Waals surface area (Å²) in [4.78, 5) is 9.05. The minimum atomic E-state index is -3.44. The molecule has 1 aliphatic heterocycles. The van der Waals surface area contributed by atoms with Crippen molar-refractivity contribution in [2.45, 2.75) is 37.0 Å². The Morgan fingerprint density at radius 2 is 1.13 bits per heavy atom. The van der Waals surface area contributed by atoms with Crippen molar-refractivity contribution in [3.05, 3.63) is 247 Å². The number of nitrogens with zero attached hydrogens (tertiary/aromatic N) is 4. The van der Waals surface area contributed by atoms with Gasteiger partial charge in [-0.2, -0.15) is 36.4 Å². The number of benzene rings is 8. The van der Waals surface area contributed by atoms with Crippen LogP contribution in [-0.4, -0.2) is 9.55 Å². The normalized spacial score (nSPS) is 14.4. The number of fused-ring (bicyclic) bond motifs is 4. The van der Waals surface area contributed by atoms with E-state index in [0.717, 1.165) is 81.3 Å². The number of pyridine rings is 1. The zero-order chi connectivity index (χ0) is 44.2. The van der Waals surface area contributed by atoms with E-state index >= 15 is 8.78 Å². The van der Waals surface area contributed by atoms with E-state index in [4.69, 9.17) is 4.98 Å². The first kappa shape index (κ1) is 42.5. The van der Waals surface area contributed by atoms with Crippen LogP contribution in [-0.2, 0) is 32.4 Å². The summed E-state index contributed by atoms with van der Waals surface area (Å²) in [6.45, 7) is 2.00. The maximum Gasteiger partial charge on any atom is 0.254 e. The van der Waals surface area contributed by atoms with Crippen LogP contribution in [0.25, 0.3) is 49.9 Å². The van der Waals surface area contributed by atoms with Gasteiger partial charge in [0.25, 0.3) is 5.92 Å². The number of hydrogen-bond donors (Lipinski definition) is 0. The summed E-state index contributed by atoms with van der Waals surface area (Å²) in [5.41, 5.74) is 10.8. The van der Waals surface area contributed by atoms with Crippen molar-refractivity contribution in [2.24, 2.45) is 0 Å². The third kappa shape index (κ3) is 7.17. The second-order valence-corrected chi connectivity index (χ2v) is 17.3. The second kappa shape index (κ2) is 17.3. The van der Waals surface area contributed by atoms with Gasteiger partial charge in [-0.1, -0.05) is 169 Å². The van der Waals surface area contributed by atoms with E-state index in [1.807, 2.05) is 107 Å². The SMILES string of the molecule is FC(F)(c1[c-]c(N2[CH-]N(c3c(-c4ccccc4)cccc3-c3ccccc3)c3ccccc32)ccc1)c1[c-]c2c(cc1)c1ccccc1n2-c1cc(C2(c3ccccc3)CCCC2)ccn1.[Pt]. The van der Waals surface area contributed by atoms with Crippen LogP contribution in [0.3, 0.4) is 0 Å². The standard InChI is InChI=1S/C60H43F2N4.Pt/c61-60(62,47-32-33-52-51-26-10-11-29-53(51)66(56(52)39-47)57-40-45(34-37-63-57)59(35-14-15-36-59)44-22-8-3-9-23-44)46-24-16-25-48(38-46)64-41-65(55-31-13-12-30-54(55)64)58-49(42-18-4-1-5-19-42)27-17-28-50(58)43-20-6-2-7-21-43;/h1-13,16-34,37,40-41H,14-15,35-36H2;/q-3;. The Morgan fingerprint density at radius 1 is 0.537 bits per heavy atom. The summed E-state index contributed by atoms with van der Waals surface area (Å²) in [5.74, 6) is -2.76. The number of rotatable bonds is 9. The largest absolute Gasteiger partial charge is 0.493 e. The predicted molar refractivity (Wildman–Crippen MR) is 264 cm³/mol. The van der Waals surface area contributed by atoms with Gasteiger partial charge in [-0.05, 0) is 70.8 Å². The summed E-state index contributed by atoms with van der Waals surface area (Å²) in [6, 6.07) is 73.0. The van der Waals surface area contributed by atoms with Crippen molar-refractivity contribution in [3.63, 3.8) is 0 Å². The Kier molecular flexibility index (Phi) is 10.9. The van der Waals surface area contributed by atoms with Crippen LogP contribution in [0.2, 0.25) is 0 Å². The summed E-state index contributed by atoms with van der Waals surface area (Å²) in [5, 5.41) is 1.79. The molecule has 67 heavy (non-hydrogen) atoms. The smallest absolute Gasteiger partial charge is 0.254 e. The van der Waals surface area contributed by atoms with Crippen molar-refractivity contribution in [1.82, 2.24) is 9.55 Å². The monoisotopic (exact) mass is 1050 g/mol. The van der Waals surface area contributed by atoms with Crippen LogP contribution < -0.4 is 9.80 Å². The Morgan fingerprint density at radius 3 is 1.84 bits per heavy atom. The molecule has 0 N–H and O–H groups in total. The van der Waals surface area contributed by atoms with E-state index in [-0.39, 0.29) is 37.6 Å². The molecule has 10 aromatic rings. The molecule has 1 aliphatic carbocycles. The molecule has 0 spiro atoms. The molecule has 0 unspecified atom stereocenters. The van der Waals surface area contributed by atoms with E-state index in [9.17, 15) is 0 Å². The Labute approximate surface area is 404 Å². The van der Waals surface area contributed by atoms with Gasteiger partial charge in [-0.15, -0.1) is 23.8 Å². The van der Waals surface area contributed by atoms with Gasteiger partial charge >= 0.3 is 0 Å². The molecule has 0 amide bonds. The van der Waals surface area contributed by atoms with E-state index in [1.165, 1.54) is 23.3 Å². The van der Waals surface area contributed by atoms with Gasteiger partial charge in [-0.25, -0.2) is 13.8 Å². The number of alkyl halides is 2. The number of anilines is 4. The minimum Gasteiger partial charge on any atom is -0.493 e. The number of hydrogen-bond acceptors (Lipinski definition) is 3. The molecule has 7 heteroatoms. The van der Waals surface area contributed by atoms with Gasteiger partial charge in [-0.3, -0.25) is 0 Å². The van der Waals surface area contributed by atoms with Crippen molar-refractivity contribution >= 4 is 44.6 Å². The third-order valence-electron chi connectivity index (χ3n) is 13.7. The first-order chi connectivity index (χ1) is 32.5. The first-order valence-corrected chi connectivity index (χ1v) is 22.6. The number of aromatic nitrogens is 2. The fourth-order valence-corrected chi connectivity index (χ4v) is 10.5. The van der Waals surface area contributed by atoms with Gasteiger partial charge in [0.2, 0.25) is 0 Å². The Hall–Kier alpha value is -7.14. The van der Waals surface area contributed by atoms with Crippen LogP contribution in [0, 0.1) is 18.8 Å². The molecule has 2 aromatic heterocycles. The maximum atomic E-state index is 17.4. The molecule has 4 nitrogen and oxygen atoms in total. The van der Waals surface area contributed by atoms with Crippen LogP contribution in [0.4, 0.5) is 31.5 Å². The van der Waals surface area contributed by atoms with Crippen molar-refractivity contribution < 1.29 is 29.8 Å². The molecule has 1 fully saturated rings. The second-order valence-electron chi connectivity index (χ2n) is 17.3. The van der Waals surface area contributed by atoms with Gasteiger partial charge < -0.3 is 14.4 Å². The molecule has 1 saturated carbocycles. The summed E-state index contributed by atoms with van der Waals surface area (Å²) >= 11 is 0. The van der Waals surface area contributed by atoms with Crippen molar-refractivity contribution in [3.8, 4) is 28.1 Å². The topological polar surface area (TPSA) is 24.3 Å². The maximum absolute atomic E-state index is 17.4. The van der Waals surface area contributed by atoms with Gasteiger partial charge in [0.05, 0.1) is 0 Å². The van der Waals surface area contributed by atoms with Gasteiger partial charge in [0.15, 0.2) is 0 Å². The summed E-state index contributed by atoms with van der Waals surface area (Å²) < 4.78 is 36.7. The van der Waals surface area contributed by atoms with Crippen LogP contribution in [0.5, 0.6) is 0 Å². The molecule has 0 bridgehead atoms.